The van der Waals surface area contributed by atoms with Crippen LogP contribution in [-0.2, 0) is 33.6 Å². The van der Waals surface area contributed by atoms with Crippen LogP contribution in [0.5, 0.6) is 11.5 Å². The number of aromatic hydroxyl groups is 1. The highest BCUT2D eigenvalue weighted by atomic mass is 16.5. The second kappa shape index (κ2) is 17.7. The number of amides is 5. The number of hydrogen-bond donors (Lipinski definition) is 9. The van der Waals surface area contributed by atoms with Crippen molar-refractivity contribution in [2.24, 2.45) is 0 Å². The van der Waals surface area contributed by atoms with E-state index in [0.717, 1.165) is 4.90 Å². The van der Waals surface area contributed by atoms with Crippen molar-refractivity contribution in [2.45, 2.75) is 83.3 Å². The number of rotatable bonds is 11. The lowest BCUT2D eigenvalue weighted by atomic mass is 9.90. The fourth-order valence-electron chi connectivity index (χ4n) is 5.69. The van der Waals surface area contributed by atoms with Gasteiger partial charge in [0, 0.05) is 6.54 Å². The highest BCUT2D eigenvalue weighted by molar-refractivity contribution is 6.06. The summed E-state index contributed by atoms with van der Waals surface area (Å²) in [7, 11) is 1.43. The van der Waals surface area contributed by atoms with Gasteiger partial charge in [0.2, 0.25) is 11.8 Å². The Morgan fingerprint density at radius 2 is 1.74 bits per heavy atom. The van der Waals surface area contributed by atoms with Crippen LogP contribution in [0, 0.1) is 0 Å². The summed E-state index contributed by atoms with van der Waals surface area (Å²) in [6.45, 7) is 11.4. The van der Waals surface area contributed by atoms with Crippen LogP contribution < -0.4 is 31.3 Å². The van der Waals surface area contributed by atoms with E-state index in [2.05, 4.69) is 27.8 Å². The van der Waals surface area contributed by atoms with E-state index in [4.69, 9.17) is 9.84 Å². The standard InChI is InChI=1S/C36H46N6O12/c1-8-18(5)26(32(49)38-20(35(52)53)16-24(44)45)40-30(47)21-11-10-14-42(21)34(51)29-36(6,9-2)54-23-15-19(12-13-22(23)43)28(46)27(37-7)33(50)39-25(17(3)4)31(48)41-29/h10-13,15-16,21,25,27-29,37,43,46H,3,8-9,14H2,1-2,4-7H3,(H,38,49)(H,39,50)(H,40,47)(H,41,48)(H,44,45)(H,52,53)/b20-16-,26-18+/t21?,25?,27-,28?,29?,36?/m0/s1. The van der Waals surface area contributed by atoms with Gasteiger partial charge in [-0.05, 0) is 69.5 Å². The van der Waals surface area contributed by atoms with E-state index in [0.29, 0.717) is 0 Å². The maximum Gasteiger partial charge on any atom is 0.352 e. The summed E-state index contributed by atoms with van der Waals surface area (Å²) in [6.07, 6.45) is 1.89. The summed E-state index contributed by atoms with van der Waals surface area (Å²) >= 11 is 0. The van der Waals surface area contributed by atoms with Crippen molar-refractivity contribution in [3.63, 3.8) is 0 Å². The summed E-state index contributed by atoms with van der Waals surface area (Å²) in [5.41, 5.74) is -2.39. The minimum Gasteiger partial charge on any atom is -0.504 e. The molecular formula is C36H46N6O12. The van der Waals surface area contributed by atoms with E-state index < -0.39 is 83.0 Å². The molecule has 54 heavy (non-hydrogen) atoms. The number of nitrogens with one attached hydrogen (secondary N) is 5. The number of likely N-dealkylation sites (N-methyl/N-ethyl adjacent to an activating group) is 1. The number of carboxylic acids is 2. The molecule has 5 amide bonds. The van der Waals surface area contributed by atoms with Crippen molar-refractivity contribution >= 4 is 41.5 Å². The van der Waals surface area contributed by atoms with Crippen LogP contribution in [0.25, 0.3) is 0 Å². The van der Waals surface area contributed by atoms with E-state index in [-0.39, 0.29) is 59.4 Å². The number of aliphatic carboxylic acids is 2. The molecule has 1 aromatic carbocycles. The Balaban J connectivity index is 2.08. The Hall–Kier alpha value is -6.01. The number of allylic oxidation sites excluding steroid dienone is 1. The Labute approximate surface area is 311 Å². The monoisotopic (exact) mass is 754 g/mol. The molecule has 0 spiro atoms. The quantitative estimate of drug-likeness (QED) is 0.105. The van der Waals surface area contributed by atoms with Crippen molar-refractivity contribution in [2.75, 3.05) is 13.6 Å². The number of benzene rings is 1. The number of hydrogen-bond acceptors (Lipinski definition) is 11. The number of carboxylic acid groups (broad SMARTS) is 2. The maximum absolute atomic E-state index is 14.6. The summed E-state index contributed by atoms with van der Waals surface area (Å²) in [5, 5.41) is 52.7. The molecule has 0 fully saturated rings. The first kappa shape index (κ1) is 42.4. The van der Waals surface area contributed by atoms with Gasteiger partial charge in [-0.15, -0.1) is 0 Å². The Kier molecular flexibility index (Phi) is 13.9. The number of phenols is 1. The molecule has 0 aromatic heterocycles. The summed E-state index contributed by atoms with van der Waals surface area (Å²) in [4.78, 5) is 92.7. The molecule has 18 heteroatoms. The number of phenolic OH excluding ortho intramolecular Hbond substituents is 1. The Morgan fingerprint density at radius 3 is 2.30 bits per heavy atom. The molecule has 0 saturated heterocycles. The van der Waals surface area contributed by atoms with Crippen LogP contribution in [0.3, 0.4) is 0 Å². The Bertz CT molecular complexity index is 1820. The third-order valence-electron chi connectivity index (χ3n) is 9.15. The van der Waals surface area contributed by atoms with E-state index >= 15 is 0 Å². The lowest BCUT2D eigenvalue weighted by molar-refractivity contribution is -0.146. The number of aliphatic hydroxyl groups is 1. The molecule has 2 bridgehead atoms. The van der Waals surface area contributed by atoms with Gasteiger partial charge in [-0.25, -0.2) is 9.59 Å². The lowest BCUT2D eigenvalue weighted by Crippen LogP contribution is -2.65. The van der Waals surface area contributed by atoms with Crippen molar-refractivity contribution < 1.29 is 58.7 Å². The highest BCUT2D eigenvalue weighted by Gasteiger charge is 2.47. The molecule has 18 nitrogen and oxygen atoms in total. The normalized spacial score (nSPS) is 25.0. The van der Waals surface area contributed by atoms with E-state index in [9.17, 15) is 48.9 Å². The zero-order chi connectivity index (χ0) is 40.7. The number of nitrogens with zero attached hydrogens (tertiary/aromatic N) is 1. The molecule has 2 heterocycles. The number of ether oxygens (including phenoxy) is 1. The first-order valence-corrected chi connectivity index (χ1v) is 16.9. The first-order chi connectivity index (χ1) is 25.3. The number of carbonyl (C=O) groups is 7. The summed E-state index contributed by atoms with van der Waals surface area (Å²) in [5.74, 6) is -8.50. The third kappa shape index (κ3) is 9.50. The van der Waals surface area contributed by atoms with Crippen molar-refractivity contribution in [3.8, 4) is 11.5 Å². The molecule has 292 valence electrons. The van der Waals surface area contributed by atoms with Crippen molar-refractivity contribution in [1.82, 2.24) is 31.5 Å². The second-order valence-electron chi connectivity index (χ2n) is 13.0. The lowest BCUT2D eigenvalue weighted by Gasteiger charge is -2.40. The minimum absolute atomic E-state index is 0.0236. The van der Waals surface area contributed by atoms with Gasteiger partial charge in [-0.3, -0.25) is 24.0 Å². The van der Waals surface area contributed by atoms with Gasteiger partial charge in [0.15, 0.2) is 11.5 Å². The largest absolute Gasteiger partial charge is 0.504 e. The van der Waals surface area contributed by atoms with Gasteiger partial charge in [-0.2, -0.15) is 0 Å². The first-order valence-electron chi connectivity index (χ1n) is 16.9. The molecule has 6 atom stereocenters. The van der Waals surface area contributed by atoms with Crippen LogP contribution in [0.15, 0.2) is 65.5 Å². The van der Waals surface area contributed by atoms with Crippen LogP contribution in [-0.4, -0.2) is 110 Å². The van der Waals surface area contributed by atoms with E-state index in [1.165, 1.54) is 58.2 Å². The number of aliphatic hydroxyl groups excluding tert-OH is 1. The molecule has 5 unspecified atom stereocenters. The van der Waals surface area contributed by atoms with Gasteiger partial charge in [0.25, 0.3) is 17.7 Å². The molecular weight excluding hydrogens is 708 g/mol. The predicted molar refractivity (Wildman–Crippen MR) is 191 cm³/mol. The molecule has 1 aromatic rings. The zero-order valence-electron chi connectivity index (χ0n) is 30.7. The fraction of sp³-hybridized carbons (Fsp3) is 0.417. The van der Waals surface area contributed by atoms with Gasteiger partial charge in [0.1, 0.15) is 47.3 Å². The van der Waals surface area contributed by atoms with Crippen LogP contribution in [0.1, 0.15) is 59.1 Å². The van der Waals surface area contributed by atoms with Gasteiger partial charge in [-0.1, -0.05) is 38.6 Å². The Morgan fingerprint density at radius 1 is 1.07 bits per heavy atom. The molecule has 2 aliphatic rings. The van der Waals surface area contributed by atoms with Crippen molar-refractivity contribution in [3.05, 3.63) is 71.1 Å². The highest BCUT2D eigenvalue weighted by Crippen LogP contribution is 2.36. The van der Waals surface area contributed by atoms with Crippen LogP contribution >= 0.6 is 0 Å². The summed E-state index contributed by atoms with van der Waals surface area (Å²) in [6, 6.07) is -1.76. The zero-order valence-corrected chi connectivity index (χ0v) is 30.7. The van der Waals surface area contributed by atoms with Crippen LogP contribution in [0.2, 0.25) is 0 Å². The smallest absolute Gasteiger partial charge is 0.352 e. The van der Waals surface area contributed by atoms with Crippen LogP contribution in [0.4, 0.5) is 0 Å². The van der Waals surface area contributed by atoms with E-state index in [1.807, 2.05) is 5.32 Å². The molecule has 0 saturated carbocycles. The maximum atomic E-state index is 14.6. The van der Waals surface area contributed by atoms with Gasteiger partial charge >= 0.3 is 11.9 Å². The molecule has 0 aliphatic carbocycles. The molecule has 3 rings (SSSR count). The van der Waals surface area contributed by atoms with Gasteiger partial charge < -0.3 is 56.6 Å². The molecule has 9 N–H and O–H groups in total. The predicted octanol–water partition coefficient (Wildman–Crippen LogP) is -0.143. The molecule has 2 aliphatic heterocycles. The van der Waals surface area contributed by atoms with Crippen molar-refractivity contribution in [1.29, 1.82) is 0 Å². The van der Waals surface area contributed by atoms with E-state index in [1.54, 1.807) is 13.8 Å². The second-order valence-corrected chi connectivity index (χ2v) is 13.0. The number of carbonyl (C=O) groups excluding carboxylic acids is 5. The van der Waals surface area contributed by atoms with Gasteiger partial charge in [0.05, 0.1) is 6.08 Å². The number of fused-ring (bicyclic) bond motifs is 2. The average Bonchev–Trinajstić information content (AvgIpc) is 3.61. The minimum atomic E-state index is -1.75. The summed E-state index contributed by atoms with van der Waals surface area (Å²) < 4.78 is 6.29. The average molecular weight is 755 g/mol. The topological polar surface area (TPSA) is 273 Å². The third-order valence-corrected chi connectivity index (χ3v) is 9.15. The fourth-order valence-corrected chi connectivity index (χ4v) is 5.69. The SMILES string of the molecule is C=C(C)C1NC(=O)[C@@H](NC)C(O)c2ccc(O)c(c2)OC(C)(CC)C(C(=O)N2CC=CC2C(=O)N/C(C(=O)N/C(=C\C(=O)O)C(=O)O)=C(\C)CC)NC1=O. The molecule has 0 radical (unpaired) electrons.